The van der Waals surface area contributed by atoms with Gasteiger partial charge in [0.05, 0.1) is 44.3 Å². The maximum absolute atomic E-state index is 14.5. The number of ether oxygens (including phenoxy) is 4. The third kappa shape index (κ3) is 9.73. The number of aromatic nitrogens is 5. The van der Waals surface area contributed by atoms with Crippen LogP contribution in [-0.2, 0) is 14.3 Å². The number of carbonyl (C=O) groups excluding carboxylic acids is 2. The van der Waals surface area contributed by atoms with E-state index in [9.17, 15) is 9.59 Å². The molecule has 4 aliphatic heterocycles. The summed E-state index contributed by atoms with van der Waals surface area (Å²) in [6.45, 7) is 14.6. The van der Waals surface area contributed by atoms with Gasteiger partial charge in [-0.05, 0) is 122 Å². The van der Waals surface area contributed by atoms with Gasteiger partial charge in [-0.3, -0.25) is 19.5 Å². The van der Waals surface area contributed by atoms with Crippen molar-refractivity contribution in [3.63, 3.8) is 0 Å². The second-order valence-corrected chi connectivity index (χ2v) is 23.5. The van der Waals surface area contributed by atoms with E-state index >= 15 is 0 Å². The van der Waals surface area contributed by atoms with Crippen molar-refractivity contribution in [2.45, 2.75) is 134 Å². The minimum atomic E-state index is -0.626. The second kappa shape index (κ2) is 21.9. The summed E-state index contributed by atoms with van der Waals surface area (Å²) < 4.78 is 30.6. The minimum Gasteiger partial charge on any atom is -0.474 e. The van der Waals surface area contributed by atoms with Crippen LogP contribution >= 0.6 is 11.3 Å². The van der Waals surface area contributed by atoms with E-state index in [2.05, 4.69) is 74.6 Å². The fraction of sp³-hybridized carbons (Fsp3) is 0.492. The smallest absolute Gasteiger partial charge is 0.319 e. The van der Waals surface area contributed by atoms with Crippen LogP contribution in [0.3, 0.4) is 0 Å². The van der Waals surface area contributed by atoms with Crippen LogP contribution in [0, 0.1) is 12.8 Å². The molecular weight excluding hydrogens is 1000 g/mol. The Morgan fingerprint density at radius 3 is 2.51 bits per heavy atom. The van der Waals surface area contributed by atoms with E-state index in [1.807, 2.05) is 51.5 Å². The summed E-state index contributed by atoms with van der Waals surface area (Å²) in [7, 11) is 1.63. The van der Waals surface area contributed by atoms with Gasteiger partial charge in [-0.15, -0.1) is 11.3 Å². The molecule has 0 spiro atoms. The predicted molar refractivity (Wildman–Crippen MR) is 301 cm³/mol. The normalized spacial score (nSPS) is 21.9. The van der Waals surface area contributed by atoms with Crippen molar-refractivity contribution in [3.05, 3.63) is 101 Å². The molecule has 0 bridgehead atoms. The zero-order valence-corrected chi connectivity index (χ0v) is 46.6. The number of fused-ring (bicyclic) bond motifs is 5. The number of nitrogens with one attached hydrogen (secondary N) is 1. The Bertz CT molecular complexity index is 3340. The number of carbonyl (C=O) groups is 2. The summed E-state index contributed by atoms with van der Waals surface area (Å²) >= 11 is 1.62. The van der Waals surface area contributed by atoms with Crippen molar-refractivity contribution >= 4 is 50.6 Å². The second-order valence-electron chi connectivity index (χ2n) is 22.6. The summed E-state index contributed by atoms with van der Waals surface area (Å²) in [4.78, 5) is 56.5. The van der Waals surface area contributed by atoms with E-state index in [1.165, 1.54) is 23.8 Å². The van der Waals surface area contributed by atoms with Crippen molar-refractivity contribution in [2.75, 3.05) is 58.2 Å². The number of rotatable bonds is 17. The number of nitrogens with zero attached hydrogens (tertiary/aromatic N) is 8. The van der Waals surface area contributed by atoms with E-state index in [-0.39, 0.29) is 48.1 Å². The number of amides is 2. The number of thiazole rings is 1. The van der Waals surface area contributed by atoms with Gasteiger partial charge in [0.2, 0.25) is 11.8 Å². The highest BCUT2D eigenvalue weighted by Gasteiger charge is 2.50. The number of benzene rings is 3. The molecule has 12 rings (SSSR count). The fourth-order valence-electron chi connectivity index (χ4n) is 13.4. The number of pyridine rings is 1. The number of anilines is 1. The summed E-state index contributed by atoms with van der Waals surface area (Å²) in [5.74, 6) is 1.43. The molecule has 17 heteroatoms. The molecule has 5 aliphatic rings. The summed E-state index contributed by atoms with van der Waals surface area (Å²) in [5, 5.41) is 10.8. The van der Waals surface area contributed by atoms with Crippen molar-refractivity contribution < 1.29 is 33.1 Å². The molecule has 78 heavy (non-hydrogen) atoms. The molecule has 0 radical (unpaired) electrons. The van der Waals surface area contributed by atoms with Gasteiger partial charge in [0.15, 0.2) is 12.6 Å². The number of hydrogen-bond acceptors (Lipinski definition) is 15. The molecule has 4 saturated heterocycles. The first-order valence-corrected chi connectivity index (χ1v) is 29.1. The monoisotopic (exact) mass is 1070 g/mol. The molecule has 0 saturated carbocycles. The zero-order chi connectivity index (χ0) is 53.7. The van der Waals surface area contributed by atoms with Crippen LogP contribution in [0.25, 0.3) is 43.4 Å². The predicted octanol–water partition coefficient (Wildman–Crippen LogP) is 11.2. The molecule has 2 amide bonds. The average molecular weight is 1070 g/mol. The minimum absolute atomic E-state index is 0.0231. The average Bonchev–Trinajstić information content (AvgIpc) is 4.23. The first kappa shape index (κ1) is 52.0. The van der Waals surface area contributed by atoms with Crippen molar-refractivity contribution in [2.24, 2.45) is 5.92 Å². The van der Waals surface area contributed by atoms with Crippen LogP contribution in [0.5, 0.6) is 17.6 Å². The van der Waals surface area contributed by atoms with Gasteiger partial charge in [0.1, 0.15) is 36.7 Å². The molecule has 408 valence electrons. The molecule has 8 heterocycles. The van der Waals surface area contributed by atoms with Gasteiger partial charge >= 0.3 is 6.01 Å². The zero-order valence-electron chi connectivity index (χ0n) is 45.8. The van der Waals surface area contributed by atoms with Crippen LogP contribution in [-0.4, -0.2) is 118 Å². The Labute approximate surface area is 460 Å². The molecule has 3 unspecified atom stereocenters. The maximum Gasteiger partial charge on any atom is 0.319 e. The molecule has 4 fully saturated rings. The Hall–Kier alpha value is -6.69. The number of methoxy groups -OCH3 is 1. The quantitative estimate of drug-likeness (QED) is 0.0854. The fourth-order valence-corrected chi connectivity index (χ4v) is 14.2. The van der Waals surface area contributed by atoms with Crippen molar-refractivity contribution in [1.82, 2.24) is 40.2 Å². The van der Waals surface area contributed by atoms with Crippen LogP contribution < -0.4 is 24.4 Å². The Morgan fingerprint density at radius 2 is 1.73 bits per heavy atom. The molecule has 1 N–H and O–H groups in total. The SMILES string of the molecule is COCOc1cc2c3c(cccc3c1)C(C)c1c-2ncc2c(N3CCCCCC3)nc(OCC34CCCN3[C@H](COc3cc(C(C(=O)N5CCC[C@H]5C(=O)N[C@@H](C)c5ccc(-c6scnc6C)cc5)C(C)C)on3)CC4)nc12. The van der Waals surface area contributed by atoms with Crippen LogP contribution in [0.2, 0.25) is 0 Å². The van der Waals surface area contributed by atoms with Gasteiger partial charge < -0.3 is 38.6 Å². The van der Waals surface area contributed by atoms with E-state index in [0.717, 1.165) is 131 Å². The molecule has 7 aromatic rings. The number of likely N-dealkylation sites (tertiary alicyclic amines) is 1. The summed E-state index contributed by atoms with van der Waals surface area (Å²) in [6, 6.07) is 20.4. The van der Waals surface area contributed by atoms with Crippen LogP contribution in [0.15, 0.2) is 76.9 Å². The van der Waals surface area contributed by atoms with Gasteiger partial charge in [-0.25, -0.2) is 4.98 Å². The summed E-state index contributed by atoms with van der Waals surface area (Å²) in [6.07, 6.45) is 11.9. The third-order valence-electron chi connectivity index (χ3n) is 17.4. The Kier molecular flexibility index (Phi) is 14.6. The highest BCUT2D eigenvalue weighted by molar-refractivity contribution is 7.13. The van der Waals surface area contributed by atoms with E-state index in [1.54, 1.807) is 29.4 Å². The molecule has 16 nitrogen and oxygen atoms in total. The lowest BCUT2D eigenvalue weighted by Gasteiger charge is -2.34. The molecule has 6 atom stereocenters. The largest absolute Gasteiger partial charge is 0.474 e. The lowest BCUT2D eigenvalue weighted by molar-refractivity contribution is -0.141. The van der Waals surface area contributed by atoms with E-state index < -0.39 is 12.0 Å². The third-order valence-corrected chi connectivity index (χ3v) is 18.4. The molecule has 4 aromatic heterocycles. The van der Waals surface area contributed by atoms with E-state index in [4.69, 9.17) is 38.4 Å². The standard InChI is InChI=1S/C61H71N9O7S/c1-36(2)51(59(72)69-26-12-16-48(69)58(71)64-38(4)40-17-19-41(20-18-40)56-39(5)63-34-78-56)49-30-50(67-77-49)74-32-43-21-23-61(22-13-27-70(43)61)33-75-60-65-55-47(57(66-60)68-24-9-7-8-10-25-68)31-62-54-46-29-44(76-35-73-6)28-42-14-11-15-45(53(42)46)37(3)52(54)55/h11,14-15,17-20,28-31,34,36-38,43,48,51H,7-10,12-13,16,21-27,32-33,35H2,1-6H3,(H,64,71)/t37?,38-,43-,48-,51?,61?/m0/s1. The first-order valence-electron chi connectivity index (χ1n) is 28.2. The molecule has 1 aliphatic carbocycles. The van der Waals surface area contributed by atoms with Gasteiger partial charge in [-0.1, -0.05) is 76.1 Å². The van der Waals surface area contributed by atoms with Crippen LogP contribution in [0.4, 0.5) is 5.82 Å². The van der Waals surface area contributed by atoms with Gasteiger partial charge in [-0.2, -0.15) is 9.97 Å². The topological polar surface area (TPSA) is 170 Å². The molecular formula is C61H71N9O7S. The maximum atomic E-state index is 14.5. The number of aryl methyl sites for hydroxylation is 1. The lowest BCUT2D eigenvalue weighted by atomic mass is 9.79. The van der Waals surface area contributed by atoms with Crippen LogP contribution in [0.1, 0.15) is 138 Å². The highest BCUT2D eigenvalue weighted by Crippen LogP contribution is 2.49. The first-order chi connectivity index (χ1) is 38.0. The Morgan fingerprint density at radius 1 is 0.897 bits per heavy atom. The highest BCUT2D eigenvalue weighted by atomic mass is 32.1. The van der Waals surface area contributed by atoms with E-state index in [0.29, 0.717) is 43.8 Å². The van der Waals surface area contributed by atoms with Crippen molar-refractivity contribution in [3.8, 4) is 39.3 Å². The van der Waals surface area contributed by atoms with Gasteiger partial charge in [0.25, 0.3) is 5.88 Å². The summed E-state index contributed by atoms with van der Waals surface area (Å²) in [5.41, 5.74) is 9.89. The number of hydrogen-bond donors (Lipinski definition) is 1. The molecule has 3 aromatic carbocycles. The van der Waals surface area contributed by atoms with Gasteiger partial charge in [0, 0.05) is 62.1 Å². The van der Waals surface area contributed by atoms with Crippen molar-refractivity contribution in [1.29, 1.82) is 0 Å². The Balaban J connectivity index is 0.733. The lowest BCUT2D eigenvalue weighted by Crippen LogP contribution is -2.48.